The maximum atomic E-state index is 13.1. The number of esters is 4. The van der Waals surface area contributed by atoms with Crippen molar-refractivity contribution < 1.29 is 80.2 Å². The van der Waals surface area contributed by atoms with Crippen molar-refractivity contribution in [2.24, 2.45) is 17.8 Å². The minimum absolute atomic E-state index is 0.105. The van der Waals surface area contributed by atoms with Crippen molar-refractivity contribution in [2.75, 3.05) is 39.6 Å². The fourth-order valence-corrected chi connectivity index (χ4v) is 13.5. The van der Waals surface area contributed by atoms with Crippen LogP contribution in [0.1, 0.15) is 402 Å². The third-order valence-corrected chi connectivity index (χ3v) is 20.4. The molecular formula is C78H152O17P2. The molecule has 0 saturated heterocycles. The van der Waals surface area contributed by atoms with Crippen molar-refractivity contribution in [3.63, 3.8) is 0 Å². The normalized spacial score (nSPS) is 14.3. The van der Waals surface area contributed by atoms with Crippen molar-refractivity contribution in [3.8, 4) is 0 Å². The predicted octanol–water partition coefficient (Wildman–Crippen LogP) is 23.0. The minimum Gasteiger partial charge on any atom is -0.462 e. The molecule has 6 atom stereocenters. The quantitative estimate of drug-likeness (QED) is 0.0222. The van der Waals surface area contributed by atoms with E-state index in [1.165, 1.54) is 212 Å². The van der Waals surface area contributed by atoms with Crippen LogP contribution < -0.4 is 0 Å². The number of unbranched alkanes of at least 4 members (excludes halogenated alkanes) is 43. The number of rotatable bonds is 76. The van der Waals surface area contributed by atoms with Gasteiger partial charge in [-0.2, -0.15) is 0 Å². The number of aliphatic hydroxyl groups is 1. The summed E-state index contributed by atoms with van der Waals surface area (Å²) in [4.78, 5) is 72.9. The summed E-state index contributed by atoms with van der Waals surface area (Å²) in [5.74, 6) is 0.197. The van der Waals surface area contributed by atoms with Gasteiger partial charge in [0.1, 0.15) is 19.3 Å². The van der Waals surface area contributed by atoms with Gasteiger partial charge >= 0.3 is 39.5 Å². The molecule has 3 unspecified atom stereocenters. The first-order valence-corrected chi connectivity index (χ1v) is 43.4. The molecule has 0 amide bonds. The fraction of sp³-hybridized carbons (Fsp3) is 0.949. The molecule has 17 nitrogen and oxygen atoms in total. The minimum atomic E-state index is -4.96. The Morgan fingerprint density at radius 1 is 0.299 bits per heavy atom. The molecule has 0 fully saturated rings. The molecule has 0 aromatic heterocycles. The van der Waals surface area contributed by atoms with Gasteiger partial charge in [-0.1, -0.05) is 350 Å². The molecule has 19 heteroatoms. The molecule has 0 aliphatic carbocycles. The molecule has 0 radical (unpaired) electrons. The molecule has 0 heterocycles. The Labute approximate surface area is 594 Å². The van der Waals surface area contributed by atoms with E-state index in [0.717, 1.165) is 108 Å². The monoisotopic (exact) mass is 1420 g/mol. The molecule has 3 N–H and O–H groups in total. The van der Waals surface area contributed by atoms with Crippen molar-refractivity contribution in [3.05, 3.63) is 0 Å². The maximum absolute atomic E-state index is 13.1. The summed E-state index contributed by atoms with van der Waals surface area (Å²) in [5, 5.41) is 10.6. The summed E-state index contributed by atoms with van der Waals surface area (Å²) in [5.41, 5.74) is 0. The van der Waals surface area contributed by atoms with E-state index in [1.54, 1.807) is 0 Å². The molecule has 0 saturated carbocycles. The Morgan fingerprint density at radius 3 is 0.784 bits per heavy atom. The van der Waals surface area contributed by atoms with Crippen LogP contribution in [-0.4, -0.2) is 96.7 Å². The highest BCUT2D eigenvalue weighted by atomic mass is 31.2. The summed E-state index contributed by atoms with van der Waals surface area (Å²) < 4.78 is 68.6. The van der Waals surface area contributed by atoms with Crippen LogP contribution in [0, 0.1) is 17.8 Å². The predicted molar refractivity (Wildman–Crippen MR) is 395 cm³/mol. The molecule has 0 aliphatic heterocycles. The van der Waals surface area contributed by atoms with E-state index >= 15 is 0 Å². The molecule has 0 rings (SSSR count). The first kappa shape index (κ1) is 95.1. The van der Waals surface area contributed by atoms with Gasteiger partial charge in [0, 0.05) is 25.7 Å². The van der Waals surface area contributed by atoms with Gasteiger partial charge in [0.2, 0.25) is 0 Å². The fourth-order valence-electron chi connectivity index (χ4n) is 11.9. The van der Waals surface area contributed by atoms with Crippen LogP contribution in [0.4, 0.5) is 0 Å². The van der Waals surface area contributed by atoms with Crippen molar-refractivity contribution >= 4 is 39.5 Å². The third-order valence-electron chi connectivity index (χ3n) is 18.5. The number of carbonyl (C=O) groups is 4. The van der Waals surface area contributed by atoms with Crippen molar-refractivity contribution in [2.45, 2.75) is 420 Å². The van der Waals surface area contributed by atoms with E-state index in [0.29, 0.717) is 25.7 Å². The summed E-state index contributed by atoms with van der Waals surface area (Å²) >= 11 is 0. The summed E-state index contributed by atoms with van der Waals surface area (Å²) in [6.45, 7) is 11.9. The zero-order valence-electron chi connectivity index (χ0n) is 63.5. The van der Waals surface area contributed by atoms with Gasteiger partial charge in [0.05, 0.1) is 26.4 Å². The third kappa shape index (κ3) is 70.9. The van der Waals surface area contributed by atoms with E-state index in [1.807, 2.05) is 0 Å². The lowest BCUT2D eigenvalue weighted by Crippen LogP contribution is -2.30. The van der Waals surface area contributed by atoms with E-state index < -0.39 is 97.5 Å². The lowest BCUT2D eigenvalue weighted by molar-refractivity contribution is -0.161. The number of ether oxygens (including phenoxy) is 4. The number of aliphatic hydroxyl groups excluding tert-OH is 1. The van der Waals surface area contributed by atoms with Gasteiger partial charge in [-0.3, -0.25) is 37.3 Å². The van der Waals surface area contributed by atoms with Crippen LogP contribution in [0.2, 0.25) is 0 Å². The van der Waals surface area contributed by atoms with Crippen molar-refractivity contribution in [1.82, 2.24) is 0 Å². The summed E-state index contributed by atoms with van der Waals surface area (Å²) in [6.07, 6.45) is 55.4. The highest BCUT2D eigenvalue weighted by Gasteiger charge is 2.30. The largest absolute Gasteiger partial charge is 0.472 e. The highest BCUT2D eigenvalue weighted by molar-refractivity contribution is 7.47. The summed E-state index contributed by atoms with van der Waals surface area (Å²) in [7, 11) is -9.92. The lowest BCUT2D eigenvalue weighted by Gasteiger charge is -2.21. The number of hydrogen-bond donors (Lipinski definition) is 3. The van der Waals surface area contributed by atoms with E-state index in [-0.39, 0.29) is 25.7 Å². The smallest absolute Gasteiger partial charge is 0.462 e. The number of hydrogen-bond acceptors (Lipinski definition) is 15. The highest BCUT2D eigenvalue weighted by Crippen LogP contribution is 2.45. The van der Waals surface area contributed by atoms with E-state index in [9.17, 15) is 43.2 Å². The first-order chi connectivity index (χ1) is 46.8. The van der Waals surface area contributed by atoms with Crippen LogP contribution in [0.25, 0.3) is 0 Å². The molecule has 0 spiro atoms. The van der Waals surface area contributed by atoms with Gasteiger partial charge in [-0.05, 0) is 43.4 Å². The second-order valence-corrected chi connectivity index (χ2v) is 32.2. The second kappa shape index (κ2) is 68.5. The zero-order valence-corrected chi connectivity index (χ0v) is 65.3. The van der Waals surface area contributed by atoms with Gasteiger partial charge in [-0.15, -0.1) is 0 Å². The standard InChI is InChI=1S/C78H152O17P2/c1-8-10-11-12-13-14-15-16-17-18-19-20-25-31-40-47-54-61-77(82)94-73(65-88-75(80)59-52-45-38-30-24-22-21-23-28-35-42-49-56-69(3)4)67-92-96(84,85)90-63-72(79)64-91-97(86,87)93-68-74(66-89-76(81)60-53-46-39-34-33-37-44-51-58-71(7)9-2)95-78(83)62-55-48-41-32-27-26-29-36-43-50-57-70(5)6/h69-74,79H,8-68H2,1-7H3,(H,84,85)(H,86,87)/t71?,72-,73-,74-/m1/s1. The zero-order chi connectivity index (χ0) is 71.6. The Hall–Kier alpha value is -1.94. The SMILES string of the molecule is CCCCCCCCCCCCCCCCCCCC(=O)O[C@H](COC(=O)CCCCCCCCCCCCCCC(C)C)COP(=O)(O)OC[C@@H](O)COP(=O)(O)OC[C@@H](COC(=O)CCCCCCCCCCC(C)CC)OC(=O)CCCCCCCCCCCCC(C)C. The number of carbonyl (C=O) groups excluding carboxylic acids is 4. The molecule has 0 bridgehead atoms. The second-order valence-electron chi connectivity index (χ2n) is 29.3. The van der Waals surface area contributed by atoms with Gasteiger partial charge < -0.3 is 33.8 Å². The molecule has 576 valence electrons. The van der Waals surface area contributed by atoms with Gasteiger partial charge in [0.15, 0.2) is 12.2 Å². The number of phosphoric acid groups is 2. The number of phosphoric ester groups is 2. The lowest BCUT2D eigenvalue weighted by atomic mass is 9.99. The first-order valence-electron chi connectivity index (χ1n) is 40.4. The van der Waals surface area contributed by atoms with Crippen LogP contribution in [-0.2, 0) is 65.4 Å². The Balaban J connectivity index is 5.27. The molecule has 0 aromatic rings. The average Bonchev–Trinajstić information content (AvgIpc) is 1.34. The Morgan fingerprint density at radius 2 is 0.526 bits per heavy atom. The van der Waals surface area contributed by atoms with Crippen LogP contribution in [0.3, 0.4) is 0 Å². The molecular weight excluding hydrogens is 1270 g/mol. The Kier molecular flexibility index (Phi) is 67.1. The van der Waals surface area contributed by atoms with E-state index in [2.05, 4.69) is 48.5 Å². The molecule has 97 heavy (non-hydrogen) atoms. The molecule has 0 aromatic carbocycles. The van der Waals surface area contributed by atoms with Crippen LogP contribution in [0.5, 0.6) is 0 Å². The summed E-state index contributed by atoms with van der Waals surface area (Å²) in [6, 6.07) is 0. The molecule has 0 aliphatic rings. The van der Waals surface area contributed by atoms with Crippen molar-refractivity contribution in [1.29, 1.82) is 0 Å². The van der Waals surface area contributed by atoms with E-state index in [4.69, 9.17) is 37.0 Å². The Bertz CT molecular complexity index is 1890. The maximum Gasteiger partial charge on any atom is 0.472 e. The topological polar surface area (TPSA) is 237 Å². The van der Waals surface area contributed by atoms with Crippen LogP contribution in [0.15, 0.2) is 0 Å². The van der Waals surface area contributed by atoms with Gasteiger partial charge in [-0.25, -0.2) is 9.13 Å². The van der Waals surface area contributed by atoms with Crippen LogP contribution >= 0.6 is 15.6 Å². The van der Waals surface area contributed by atoms with Gasteiger partial charge in [0.25, 0.3) is 0 Å². The average molecular weight is 1420 g/mol.